The molecule has 74 valence electrons. The first kappa shape index (κ1) is 9.99. The summed E-state index contributed by atoms with van der Waals surface area (Å²) in [6, 6.07) is 9.80. The number of carbonyl (C=O) groups excluding carboxylic acids is 1. The van der Waals surface area contributed by atoms with Crippen LogP contribution in [0.4, 0.5) is 0 Å². The van der Waals surface area contributed by atoms with Gasteiger partial charge in [-0.1, -0.05) is 54.7 Å². The molecule has 1 aromatic carbocycles. The lowest BCUT2D eigenvalue weighted by molar-refractivity contribution is -0.104. The molecule has 0 radical (unpaired) electrons. The van der Waals surface area contributed by atoms with Gasteiger partial charge < -0.3 is 0 Å². The third-order valence-electron chi connectivity index (χ3n) is 2.36. The fourth-order valence-corrected chi connectivity index (χ4v) is 2.00. The van der Waals surface area contributed by atoms with Crippen molar-refractivity contribution < 1.29 is 4.79 Å². The highest BCUT2D eigenvalue weighted by atomic mass is 32.1. The molecule has 0 atom stereocenters. The molecule has 0 N–H and O–H groups in total. The largest absolute Gasteiger partial charge is 0.298 e. The smallest absolute Gasteiger partial charge is 0.150 e. The van der Waals surface area contributed by atoms with Crippen molar-refractivity contribution in [3.05, 3.63) is 53.6 Å². The second-order valence-electron chi connectivity index (χ2n) is 3.34. The predicted octanol–water partition coefficient (Wildman–Crippen LogP) is 2.97. The summed E-state index contributed by atoms with van der Waals surface area (Å²) >= 11 is 5.28. The molecule has 2 rings (SSSR count). The van der Waals surface area contributed by atoms with Crippen molar-refractivity contribution in [1.29, 1.82) is 0 Å². The molecule has 0 unspecified atom stereocenters. The molecule has 0 heterocycles. The van der Waals surface area contributed by atoms with Gasteiger partial charge in [-0.25, -0.2) is 0 Å². The standard InChI is InChI=1S/C13H10OS/c14-9-11-7-4-8-12(15)13(11)10-5-2-1-3-6-10/h1-7,9H,8H2. The maximum atomic E-state index is 10.9. The van der Waals surface area contributed by atoms with Gasteiger partial charge in [0.1, 0.15) is 0 Å². The summed E-state index contributed by atoms with van der Waals surface area (Å²) in [5.41, 5.74) is 2.61. The van der Waals surface area contributed by atoms with Crippen LogP contribution >= 0.6 is 12.2 Å². The van der Waals surface area contributed by atoms with E-state index in [9.17, 15) is 4.79 Å². The van der Waals surface area contributed by atoms with Crippen molar-refractivity contribution in [3.8, 4) is 0 Å². The Hall–Kier alpha value is -1.54. The molecular weight excluding hydrogens is 204 g/mol. The molecule has 0 bridgehead atoms. The van der Waals surface area contributed by atoms with E-state index in [1.54, 1.807) is 0 Å². The molecule has 0 saturated carbocycles. The van der Waals surface area contributed by atoms with E-state index in [0.29, 0.717) is 5.57 Å². The third kappa shape index (κ3) is 1.95. The van der Waals surface area contributed by atoms with Crippen LogP contribution in [0.5, 0.6) is 0 Å². The summed E-state index contributed by atoms with van der Waals surface area (Å²) in [6.07, 6.45) is 5.38. The Kier molecular flexibility index (Phi) is 2.88. The van der Waals surface area contributed by atoms with Gasteiger partial charge in [0, 0.05) is 22.4 Å². The first-order valence-electron chi connectivity index (χ1n) is 4.77. The van der Waals surface area contributed by atoms with Gasteiger partial charge in [0.25, 0.3) is 0 Å². The number of allylic oxidation sites excluding steroid dienone is 4. The normalized spacial score (nSPS) is 15.6. The number of carbonyl (C=O) groups is 1. The van der Waals surface area contributed by atoms with Crippen LogP contribution in [-0.4, -0.2) is 11.2 Å². The van der Waals surface area contributed by atoms with Crippen molar-refractivity contribution in [2.45, 2.75) is 6.42 Å². The Bertz CT molecular complexity index is 455. The van der Waals surface area contributed by atoms with Gasteiger partial charge in [-0.3, -0.25) is 4.79 Å². The zero-order valence-electron chi connectivity index (χ0n) is 8.14. The fourth-order valence-electron chi connectivity index (χ4n) is 1.67. The number of rotatable bonds is 2. The van der Waals surface area contributed by atoms with E-state index in [1.807, 2.05) is 42.5 Å². The fraction of sp³-hybridized carbons (Fsp3) is 0.0769. The van der Waals surface area contributed by atoms with Gasteiger partial charge in [0.05, 0.1) is 0 Å². The predicted molar refractivity (Wildman–Crippen MR) is 65.8 cm³/mol. The third-order valence-corrected chi connectivity index (χ3v) is 2.73. The minimum Gasteiger partial charge on any atom is -0.298 e. The number of aldehydes is 1. The molecule has 1 aliphatic carbocycles. The summed E-state index contributed by atoms with van der Waals surface area (Å²) in [4.78, 5) is 11.8. The summed E-state index contributed by atoms with van der Waals surface area (Å²) in [6.45, 7) is 0. The molecule has 0 fully saturated rings. The average molecular weight is 214 g/mol. The molecule has 0 spiro atoms. The van der Waals surface area contributed by atoms with Crippen molar-refractivity contribution >= 4 is 28.9 Å². The van der Waals surface area contributed by atoms with Crippen molar-refractivity contribution in [2.75, 3.05) is 0 Å². The Morgan fingerprint density at radius 1 is 1.20 bits per heavy atom. The van der Waals surface area contributed by atoms with Gasteiger partial charge in [0.15, 0.2) is 6.29 Å². The number of hydrogen-bond acceptors (Lipinski definition) is 2. The van der Waals surface area contributed by atoms with E-state index in [2.05, 4.69) is 0 Å². The van der Waals surface area contributed by atoms with Crippen molar-refractivity contribution in [3.63, 3.8) is 0 Å². The minimum absolute atomic E-state index is 0.678. The lowest BCUT2D eigenvalue weighted by atomic mass is 9.92. The average Bonchev–Trinajstić information content (AvgIpc) is 2.29. The lowest BCUT2D eigenvalue weighted by Gasteiger charge is -2.13. The maximum Gasteiger partial charge on any atom is 0.150 e. The molecule has 0 aromatic heterocycles. The molecule has 0 aliphatic heterocycles. The zero-order chi connectivity index (χ0) is 10.7. The SMILES string of the molecule is O=CC1=C(c2ccccc2)C(=S)CC=C1. The van der Waals surface area contributed by atoms with Crippen LogP contribution < -0.4 is 0 Å². The van der Waals surface area contributed by atoms with Gasteiger partial charge in [-0.05, 0) is 5.56 Å². The number of benzene rings is 1. The van der Waals surface area contributed by atoms with Crippen LogP contribution in [0.2, 0.25) is 0 Å². The second-order valence-corrected chi connectivity index (χ2v) is 3.84. The summed E-state index contributed by atoms with van der Waals surface area (Å²) in [5.74, 6) is 0. The van der Waals surface area contributed by atoms with E-state index in [1.165, 1.54) is 0 Å². The molecule has 15 heavy (non-hydrogen) atoms. The zero-order valence-corrected chi connectivity index (χ0v) is 8.96. The van der Waals surface area contributed by atoms with Gasteiger partial charge in [-0.2, -0.15) is 0 Å². The lowest BCUT2D eigenvalue weighted by Crippen LogP contribution is -2.05. The molecule has 1 nitrogen and oxygen atoms in total. The Balaban J connectivity index is 2.57. The second kappa shape index (κ2) is 4.32. The monoisotopic (exact) mass is 214 g/mol. The van der Waals surface area contributed by atoms with Crippen LogP contribution in [0.3, 0.4) is 0 Å². The minimum atomic E-state index is 0.678. The quantitative estimate of drug-likeness (QED) is 0.556. The highest BCUT2D eigenvalue weighted by Gasteiger charge is 2.14. The van der Waals surface area contributed by atoms with E-state index >= 15 is 0 Å². The van der Waals surface area contributed by atoms with E-state index < -0.39 is 0 Å². The number of thiocarbonyl (C=S) groups is 1. The van der Waals surface area contributed by atoms with Gasteiger partial charge in [0.2, 0.25) is 0 Å². The van der Waals surface area contributed by atoms with Crippen LogP contribution in [0.1, 0.15) is 12.0 Å². The van der Waals surface area contributed by atoms with Crippen molar-refractivity contribution in [1.82, 2.24) is 0 Å². The molecule has 0 saturated heterocycles. The Morgan fingerprint density at radius 2 is 1.93 bits per heavy atom. The summed E-state index contributed by atoms with van der Waals surface area (Å²) < 4.78 is 0. The Morgan fingerprint density at radius 3 is 2.60 bits per heavy atom. The molecule has 1 aliphatic rings. The topological polar surface area (TPSA) is 17.1 Å². The molecule has 1 aromatic rings. The van der Waals surface area contributed by atoms with Gasteiger partial charge in [-0.15, -0.1) is 0 Å². The highest BCUT2D eigenvalue weighted by Crippen LogP contribution is 2.25. The molecule has 2 heteroatoms. The van der Waals surface area contributed by atoms with E-state index in [4.69, 9.17) is 12.2 Å². The summed E-state index contributed by atoms with van der Waals surface area (Å²) in [5, 5.41) is 0. The summed E-state index contributed by atoms with van der Waals surface area (Å²) in [7, 11) is 0. The van der Waals surface area contributed by atoms with E-state index in [-0.39, 0.29) is 0 Å². The van der Waals surface area contributed by atoms with Crippen LogP contribution in [0.25, 0.3) is 5.57 Å². The van der Waals surface area contributed by atoms with Gasteiger partial charge >= 0.3 is 0 Å². The first-order chi connectivity index (χ1) is 7.33. The first-order valence-corrected chi connectivity index (χ1v) is 5.18. The van der Waals surface area contributed by atoms with E-state index in [0.717, 1.165) is 28.7 Å². The number of hydrogen-bond donors (Lipinski definition) is 0. The van der Waals surface area contributed by atoms with Crippen molar-refractivity contribution in [2.24, 2.45) is 0 Å². The van der Waals surface area contributed by atoms with Crippen LogP contribution in [0, 0.1) is 0 Å². The Labute approximate surface area is 94.1 Å². The highest BCUT2D eigenvalue weighted by molar-refractivity contribution is 7.81. The molecular formula is C13H10OS. The van der Waals surface area contributed by atoms with Crippen LogP contribution in [0.15, 0.2) is 48.1 Å². The van der Waals surface area contributed by atoms with Crippen LogP contribution in [-0.2, 0) is 4.79 Å². The molecule has 0 amide bonds. The maximum absolute atomic E-state index is 10.9.